The predicted octanol–water partition coefficient (Wildman–Crippen LogP) is 5.09. The molecule has 0 N–H and O–H groups in total. The van der Waals surface area contributed by atoms with Crippen LogP contribution in [-0.2, 0) is 0 Å². The molecule has 5 nitrogen and oxygen atoms in total. The van der Waals surface area contributed by atoms with Gasteiger partial charge in [0.25, 0.3) is 5.69 Å². The summed E-state index contributed by atoms with van der Waals surface area (Å²) in [5.74, 6) is 0. The number of hydrogen-bond acceptors (Lipinski definition) is 5. The summed E-state index contributed by atoms with van der Waals surface area (Å²) in [5, 5.41) is 22.8. The third-order valence-electron chi connectivity index (χ3n) is 3.59. The van der Waals surface area contributed by atoms with E-state index in [1.54, 1.807) is 18.2 Å². The minimum atomic E-state index is -0.456. The number of hydrogen-bond donors (Lipinski definition) is 0. The zero-order valence-corrected chi connectivity index (χ0v) is 14.2. The van der Waals surface area contributed by atoms with E-state index in [0.29, 0.717) is 16.1 Å². The molecule has 0 spiro atoms. The van der Waals surface area contributed by atoms with Crippen LogP contribution < -0.4 is 0 Å². The van der Waals surface area contributed by atoms with E-state index >= 15 is 0 Å². The largest absolute Gasteiger partial charge is 0.270 e. The van der Waals surface area contributed by atoms with Gasteiger partial charge in [0.1, 0.15) is 11.1 Å². The maximum Gasteiger partial charge on any atom is 0.270 e. The normalized spacial score (nSPS) is 11.1. The standard InChI is InChI=1S/C19H13N3O2S/c1-13-5-7-15(8-6-13)18-12-25-19(21-18)16(11-20)9-14-3-2-4-17(10-14)22(23)24/h2-10,12H,1H3. The van der Waals surface area contributed by atoms with Gasteiger partial charge in [0, 0.05) is 23.1 Å². The van der Waals surface area contributed by atoms with Gasteiger partial charge in [-0.2, -0.15) is 5.26 Å². The number of aryl methyl sites for hydroxylation is 1. The van der Waals surface area contributed by atoms with Crippen LogP contribution in [-0.4, -0.2) is 9.91 Å². The topological polar surface area (TPSA) is 79.8 Å². The van der Waals surface area contributed by atoms with Crippen molar-refractivity contribution in [3.63, 3.8) is 0 Å². The molecule has 0 radical (unpaired) electrons. The highest BCUT2D eigenvalue weighted by atomic mass is 32.1. The number of aromatic nitrogens is 1. The van der Waals surface area contributed by atoms with Crippen molar-refractivity contribution >= 4 is 28.7 Å². The summed E-state index contributed by atoms with van der Waals surface area (Å²) in [6.45, 7) is 2.02. The number of nitriles is 1. The Kier molecular flexibility index (Phi) is 4.68. The van der Waals surface area contributed by atoms with Crippen LogP contribution in [0.3, 0.4) is 0 Å². The van der Waals surface area contributed by atoms with Gasteiger partial charge >= 0.3 is 0 Å². The fourth-order valence-corrected chi connectivity index (χ4v) is 3.09. The zero-order chi connectivity index (χ0) is 17.8. The van der Waals surface area contributed by atoms with E-state index in [1.165, 1.54) is 29.0 Å². The van der Waals surface area contributed by atoms with Gasteiger partial charge in [0.2, 0.25) is 0 Å². The molecule has 0 aliphatic rings. The van der Waals surface area contributed by atoms with Gasteiger partial charge in [0.05, 0.1) is 16.2 Å². The SMILES string of the molecule is Cc1ccc(-c2csc(C(C#N)=Cc3cccc([N+](=O)[O-])c3)n2)cc1. The zero-order valence-electron chi connectivity index (χ0n) is 13.3. The summed E-state index contributed by atoms with van der Waals surface area (Å²) in [4.78, 5) is 14.9. The van der Waals surface area contributed by atoms with Crippen molar-refractivity contribution in [3.8, 4) is 17.3 Å². The van der Waals surface area contributed by atoms with Gasteiger partial charge in [0.15, 0.2) is 0 Å². The number of nitrogens with zero attached hydrogens (tertiary/aromatic N) is 3. The van der Waals surface area contributed by atoms with Crippen molar-refractivity contribution in [2.75, 3.05) is 0 Å². The summed E-state index contributed by atoms with van der Waals surface area (Å²) in [5.41, 5.74) is 3.93. The van der Waals surface area contributed by atoms with E-state index in [-0.39, 0.29) is 5.69 Å². The van der Waals surface area contributed by atoms with Crippen LogP contribution in [0, 0.1) is 28.4 Å². The molecule has 3 rings (SSSR count). The van der Waals surface area contributed by atoms with Gasteiger partial charge < -0.3 is 0 Å². The fraction of sp³-hybridized carbons (Fsp3) is 0.0526. The Hall–Kier alpha value is -3.30. The maximum absolute atomic E-state index is 10.9. The number of nitro benzene ring substituents is 1. The van der Waals surface area contributed by atoms with E-state index in [1.807, 2.05) is 36.6 Å². The first-order valence-corrected chi connectivity index (χ1v) is 8.34. The molecule has 2 aromatic carbocycles. The molecule has 6 heteroatoms. The van der Waals surface area contributed by atoms with Gasteiger partial charge in [-0.15, -0.1) is 11.3 Å². The molecule has 122 valence electrons. The smallest absolute Gasteiger partial charge is 0.258 e. The van der Waals surface area contributed by atoms with E-state index < -0.39 is 4.92 Å². The third kappa shape index (κ3) is 3.79. The Balaban J connectivity index is 1.94. The Morgan fingerprint density at radius 3 is 2.72 bits per heavy atom. The lowest BCUT2D eigenvalue weighted by atomic mass is 10.1. The average Bonchev–Trinajstić information content (AvgIpc) is 3.10. The number of benzene rings is 2. The molecule has 0 unspecified atom stereocenters. The molecule has 25 heavy (non-hydrogen) atoms. The van der Waals surface area contributed by atoms with Crippen LogP contribution in [0.25, 0.3) is 22.9 Å². The molecule has 0 fully saturated rings. The van der Waals surface area contributed by atoms with Gasteiger partial charge in [-0.3, -0.25) is 10.1 Å². The van der Waals surface area contributed by atoms with Crippen LogP contribution >= 0.6 is 11.3 Å². The molecule has 1 aromatic heterocycles. The monoisotopic (exact) mass is 347 g/mol. The molecule has 0 bridgehead atoms. The molecule has 0 atom stereocenters. The average molecular weight is 347 g/mol. The van der Waals surface area contributed by atoms with Crippen molar-refractivity contribution in [1.82, 2.24) is 4.98 Å². The highest BCUT2D eigenvalue weighted by Gasteiger charge is 2.10. The number of allylic oxidation sites excluding steroid dienone is 1. The second kappa shape index (κ2) is 7.07. The van der Waals surface area contributed by atoms with Crippen LogP contribution in [0.2, 0.25) is 0 Å². The number of nitro groups is 1. The van der Waals surface area contributed by atoms with Crippen molar-refractivity contribution < 1.29 is 4.92 Å². The Bertz CT molecular complexity index is 998. The fourth-order valence-electron chi connectivity index (χ4n) is 2.29. The first-order valence-electron chi connectivity index (χ1n) is 7.46. The minimum absolute atomic E-state index is 0.00878. The van der Waals surface area contributed by atoms with Crippen molar-refractivity contribution in [1.29, 1.82) is 5.26 Å². The Morgan fingerprint density at radius 1 is 1.28 bits per heavy atom. The van der Waals surface area contributed by atoms with Gasteiger partial charge in [-0.05, 0) is 18.6 Å². The summed E-state index contributed by atoms with van der Waals surface area (Å²) in [6, 6.07) is 16.3. The summed E-state index contributed by atoms with van der Waals surface area (Å²) >= 11 is 1.38. The second-order valence-electron chi connectivity index (χ2n) is 5.43. The van der Waals surface area contributed by atoms with Crippen molar-refractivity contribution in [2.45, 2.75) is 6.92 Å². The van der Waals surface area contributed by atoms with E-state index in [0.717, 1.165) is 11.3 Å². The molecule has 0 saturated heterocycles. The van der Waals surface area contributed by atoms with Crippen LogP contribution in [0.1, 0.15) is 16.1 Å². The first-order chi connectivity index (χ1) is 12.1. The molecule has 0 saturated carbocycles. The lowest BCUT2D eigenvalue weighted by molar-refractivity contribution is -0.384. The predicted molar refractivity (Wildman–Crippen MR) is 98.9 cm³/mol. The van der Waals surface area contributed by atoms with Gasteiger partial charge in [-0.25, -0.2) is 4.98 Å². The molecule has 1 heterocycles. The number of non-ortho nitro benzene ring substituents is 1. The number of thiazole rings is 1. The van der Waals surface area contributed by atoms with E-state index in [2.05, 4.69) is 11.1 Å². The van der Waals surface area contributed by atoms with Crippen LogP contribution in [0.4, 0.5) is 5.69 Å². The first kappa shape index (κ1) is 16.6. The quantitative estimate of drug-likeness (QED) is 0.374. The van der Waals surface area contributed by atoms with Crippen LogP contribution in [0.5, 0.6) is 0 Å². The van der Waals surface area contributed by atoms with Crippen molar-refractivity contribution in [3.05, 3.63) is 80.2 Å². The van der Waals surface area contributed by atoms with E-state index in [4.69, 9.17) is 0 Å². The molecular weight excluding hydrogens is 334 g/mol. The number of rotatable bonds is 4. The maximum atomic E-state index is 10.9. The molecule has 3 aromatic rings. The summed E-state index contributed by atoms with van der Waals surface area (Å²) in [6.07, 6.45) is 1.62. The lowest BCUT2D eigenvalue weighted by Gasteiger charge is -1.98. The van der Waals surface area contributed by atoms with Crippen LogP contribution in [0.15, 0.2) is 53.9 Å². The lowest BCUT2D eigenvalue weighted by Crippen LogP contribution is -1.88. The second-order valence-corrected chi connectivity index (χ2v) is 6.28. The summed E-state index contributed by atoms with van der Waals surface area (Å²) in [7, 11) is 0. The molecule has 0 aliphatic carbocycles. The highest BCUT2D eigenvalue weighted by molar-refractivity contribution is 7.11. The molecular formula is C19H13N3O2S. The van der Waals surface area contributed by atoms with E-state index in [9.17, 15) is 15.4 Å². The Labute approximate surface area is 148 Å². The highest BCUT2D eigenvalue weighted by Crippen LogP contribution is 2.28. The third-order valence-corrected chi connectivity index (χ3v) is 4.47. The molecule has 0 aliphatic heterocycles. The minimum Gasteiger partial charge on any atom is -0.258 e. The Morgan fingerprint density at radius 2 is 2.04 bits per heavy atom. The van der Waals surface area contributed by atoms with Crippen molar-refractivity contribution in [2.24, 2.45) is 0 Å². The van der Waals surface area contributed by atoms with Gasteiger partial charge in [-0.1, -0.05) is 42.0 Å². The molecule has 0 amide bonds. The summed E-state index contributed by atoms with van der Waals surface area (Å²) < 4.78 is 0.